The molecule has 2 aromatic rings. The Morgan fingerprint density at radius 3 is 2.88 bits per heavy atom. The summed E-state index contributed by atoms with van der Waals surface area (Å²) >= 11 is 6.03. The van der Waals surface area contributed by atoms with Gasteiger partial charge in [-0.3, -0.25) is 0 Å². The zero-order valence-electron chi connectivity index (χ0n) is 8.99. The maximum atomic E-state index is 6.03. The second-order valence-electron chi connectivity index (χ2n) is 4.28. The first kappa shape index (κ1) is 9.92. The van der Waals surface area contributed by atoms with Gasteiger partial charge in [0.2, 0.25) is 0 Å². The lowest BCUT2D eigenvalue weighted by Gasteiger charge is -2.21. The quantitative estimate of drug-likeness (QED) is 0.627. The van der Waals surface area contributed by atoms with Crippen LogP contribution in [-0.2, 0) is 0 Å². The van der Waals surface area contributed by atoms with Gasteiger partial charge < -0.3 is 0 Å². The molecule has 0 amide bonds. The Balaban J connectivity index is 2.31. The summed E-state index contributed by atoms with van der Waals surface area (Å²) < 4.78 is 0. The molecule has 1 unspecified atom stereocenters. The van der Waals surface area contributed by atoms with Crippen molar-refractivity contribution in [2.24, 2.45) is 0 Å². The Kier molecular flexibility index (Phi) is 2.45. The number of hydrogen-bond acceptors (Lipinski definition) is 0. The van der Waals surface area contributed by atoms with E-state index in [0.717, 1.165) is 6.42 Å². The van der Waals surface area contributed by atoms with Gasteiger partial charge in [-0.15, -0.1) is 11.6 Å². The van der Waals surface area contributed by atoms with Crippen LogP contribution >= 0.6 is 11.6 Å². The molecule has 0 aliphatic heterocycles. The largest absolute Gasteiger partial charge is 0.126 e. The average molecular weight is 229 g/mol. The van der Waals surface area contributed by atoms with Gasteiger partial charge in [0.25, 0.3) is 0 Å². The Morgan fingerprint density at radius 2 is 2.00 bits per heavy atom. The summed E-state index contributed by atoms with van der Waals surface area (Å²) in [7, 11) is 0. The van der Waals surface area contributed by atoms with E-state index in [-0.39, 0.29) is 0 Å². The molecule has 0 fully saturated rings. The van der Waals surface area contributed by atoms with E-state index >= 15 is 0 Å². The monoisotopic (exact) mass is 228 g/mol. The number of alkyl halides is 1. The lowest BCUT2D eigenvalue weighted by Crippen LogP contribution is -2.05. The van der Waals surface area contributed by atoms with Crippen molar-refractivity contribution in [1.29, 1.82) is 0 Å². The maximum Gasteiger partial charge on any atom is 0.0295 e. The second kappa shape index (κ2) is 3.95. The van der Waals surface area contributed by atoms with Crippen molar-refractivity contribution in [2.45, 2.75) is 12.3 Å². The predicted molar refractivity (Wildman–Crippen MR) is 71.1 cm³/mol. The van der Waals surface area contributed by atoms with Crippen LogP contribution in [0.3, 0.4) is 0 Å². The lowest BCUT2D eigenvalue weighted by atomic mass is 9.85. The smallest absolute Gasteiger partial charge is 0.0295 e. The van der Waals surface area contributed by atoms with Crippen molar-refractivity contribution in [3.05, 3.63) is 53.6 Å². The van der Waals surface area contributed by atoms with Crippen molar-refractivity contribution in [3.63, 3.8) is 0 Å². The summed E-state index contributed by atoms with van der Waals surface area (Å²) in [6, 6.07) is 13.0. The minimum Gasteiger partial charge on any atom is -0.126 e. The van der Waals surface area contributed by atoms with Gasteiger partial charge in [-0.2, -0.15) is 0 Å². The highest BCUT2D eigenvalue weighted by Crippen LogP contribution is 2.34. The van der Waals surface area contributed by atoms with Crippen molar-refractivity contribution in [3.8, 4) is 0 Å². The lowest BCUT2D eigenvalue weighted by molar-refractivity contribution is 0.781. The van der Waals surface area contributed by atoms with Crippen molar-refractivity contribution in [1.82, 2.24) is 0 Å². The third kappa shape index (κ3) is 1.45. The summed E-state index contributed by atoms with van der Waals surface area (Å²) in [5, 5.41) is 2.65. The van der Waals surface area contributed by atoms with Gasteiger partial charge in [0.1, 0.15) is 0 Å². The zero-order chi connectivity index (χ0) is 11.0. The van der Waals surface area contributed by atoms with Crippen LogP contribution in [0, 0.1) is 0 Å². The van der Waals surface area contributed by atoms with E-state index < -0.39 is 0 Å². The summed E-state index contributed by atoms with van der Waals surface area (Å²) in [6.07, 6.45) is 5.54. The van der Waals surface area contributed by atoms with Gasteiger partial charge in [-0.05, 0) is 28.3 Å². The Morgan fingerprint density at radius 1 is 1.12 bits per heavy atom. The fourth-order valence-corrected chi connectivity index (χ4v) is 2.77. The van der Waals surface area contributed by atoms with Crippen molar-refractivity contribution >= 4 is 28.4 Å². The summed E-state index contributed by atoms with van der Waals surface area (Å²) in [6.45, 7) is 0. The normalized spacial score (nSPS) is 18.7. The van der Waals surface area contributed by atoms with E-state index in [1.807, 2.05) is 0 Å². The van der Waals surface area contributed by atoms with Crippen molar-refractivity contribution in [2.75, 3.05) is 5.88 Å². The third-order valence-corrected chi connectivity index (χ3v) is 3.71. The minimum absolute atomic E-state index is 0.478. The topological polar surface area (TPSA) is 0 Å². The van der Waals surface area contributed by atoms with E-state index in [1.165, 1.54) is 21.9 Å². The molecule has 0 saturated heterocycles. The molecule has 1 atom stereocenters. The highest BCUT2D eigenvalue weighted by molar-refractivity contribution is 6.18. The van der Waals surface area contributed by atoms with Crippen LogP contribution in [-0.4, -0.2) is 5.88 Å². The first-order valence-corrected chi connectivity index (χ1v) is 6.18. The number of halogens is 1. The number of fused-ring (bicyclic) bond motifs is 3. The summed E-state index contributed by atoms with van der Waals surface area (Å²) in [4.78, 5) is 0. The SMILES string of the molecule is ClCC1CC=Cc2c1ccc1ccccc21. The van der Waals surface area contributed by atoms with Crippen LogP contribution in [0.15, 0.2) is 42.5 Å². The molecule has 0 saturated carbocycles. The van der Waals surface area contributed by atoms with Crippen LogP contribution in [0.5, 0.6) is 0 Å². The standard InChI is InChI=1S/C15H13Cl/c16-10-12-5-3-7-15-13-6-2-1-4-11(13)8-9-14(12)15/h1-4,6-9,12H,5,10H2. The molecule has 0 radical (unpaired) electrons. The molecule has 1 aliphatic rings. The van der Waals surface area contributed by atoms with Crippen LogP contribution in [0.25, 0.3) is 16.8 Å². The van der Waals surface area contributed by atoms with Crippen molar-refractivity contribution < 1.29 is 0 Å². The predicted octanol–water partition coefficient (Wildman–Crippen LogP) is 4.58. The molecule has 0 nitrogen and oxygen atoms in total. The Hall–Kier alpha value is -1.27. The zero-order valence-corrected chi connectivity index (χ0v) is 9.74. The Labute approximate surface area is 101 Å². The highest BCUT2D eigenvalue weighted by Gasteiger charge is 2.17. The molecular formula is C15H13Cl. The number of benzene rings is 2. The molecule has 2 aromatic carbocycles. The molecular weight excluding hydrogens is 216 g/mol. The number of rotatable bonds is 1. The Bertz CT molecular complexity index is 554. The average Bonchev–Trinajstić information content (AvgIpc) is 2.37. The molecule has 16 heavy (non-hydrogen) atoms. The van der Waals surface area contributed by atoms with Crippen LogP contribution in [0.1, 0.15) is 23.5 Å². The van der Waals surface area contributed by atoms with E-state index in [1.54, 1.807) is 0 Å². The first-order valence-electron chi connectivity index (χ1n) is 5.64. The molecule has 0 N–H and O–H groups in total. The summed E-state index contributed by atoms with van der Waals surface area (Å²) in [5.41, 5.74) is 2.76. The molecule has 80 valence electrons. The maximum absolute atomic E-state index is 6.03. The van der Waals surface area contributed by atoms with Gasteiger partial charge in [-0.25, -0.2) is 0 Å². The fraction of sp³-hybridized carbons (Fsp3) is 0.200. The van der Waals surface area contributed by atoms with Gasteiger partial charge in [0, 0.05) is 11.8 Å². The highest BCUT2D eigenvalue weighted by atomic mass is 35.5. The van der Waals surface area contributed by atoms with Gasteiger partial charge in [0.15, 0.2) is 0 Å². The van der Waals surface area contributed by atoms with E-state index in [0.29, 0.717) is 11.8 Å². The molecule has 1 aliphatic carbocycles. The van der Waals surface area contributed by atoms with E-state index in [2.05, 4.69) is 48.6 Å². The van der Waals surface area contributed by atoms with E-state index in [9.17, 15) is 0 Å². The van der Waals surface area contributed by atoms with Crippen LogP contribution in [0.4, 0.5) is 0 Å². The molecule has 0 bridgehead atoms. The van der Waals surface area contributed by atoms with Crippen LogP contribution < -0.4 is 0 Å². The summed E-state index contributed by atoms with van der Waals surface area (Å²) in [5.74, 6) is 1.18. The number of hydrogen-bond donors (Lipinski definition) is 0. The fourth-order valence-electron chi connectivity index (χ4n) is 2.48. The minimum atomic E-state index is 0.478. The molecule has 3 rings (SSSR count). The first-order chi connectivity index (χ1) is 7.90. The molecule has 0 heterocycles. The van der Waals surface area contributed by atoms with Crippen LogP contribution in [0.2, 0.25) is 0 Å². The van der Waals surface area contributed by atoms with E-state index in [4.69, 9.17) is 11.6 Å². The molecule has 0 spiro atoms. The molecule has 0 aromatic heterocycles. The van der Waals surface area contributed by atoms with Gasteiger partial charge in [-0.1, -0.05) is 48.6 Å². The molecule has 1 heteroatoms. The number of allylic oxidation sites excluding steroid dienone is 1. The van der Waals surface area contributed by atoms with Gasteiger partial charge >= 0.3 is 0 Å². The third-order valence-electron chi connectivity index (χ3n) is 3.34. The van der Waals surface area contributed by atoms with Gasteiger partial charge in [0.05, 0.1) is 0 Å². The second-order valence-corrected chi connectivity index (χ2v) is 4.59.